The fourth-order valence-electron chi connectivity index (χ4n) is 3.13. The average Bonchev–Trinajstić information content (AvgIpc) is 3.21. The number of hydrogen-bond acceptors (Lipinski definition) is 5. The van der Waals surface area contributed by atoms with Crippen LogP contribution in [0.25, 0.3) is 22.6 Å². The molecule has 1 aromatic carbocycles. The number of nitrogens with zero attached hydrogens (tertiary/aromatic N) is 4. The molecule has 0 N–H and O–H groups in total. The van der Waals surface area contributed by atoms with Crippen LogP contribution in [0.1, 0.15) is 18.3 Å². The van der Waals surface area contributed by atoms with Crippen LogP contribution in [0.4, 0.5) is 0 Å². The molecule has 124 valence electrons. The highest BCUT2D eigenvalue weighted by atomic mass is 35.5. The van der Waals surface area contributed by atoms with Gasteiger partial charge in [-0.3, -0.25) is 0 Å². The summed E-state index contributed by atoms with van der Waals surface area (Å²) < 4.78 is 13.2. The SMILES string of the molecule is COc1ccccc1-c1nc2c(Cl)nc(C)nc2n1C1CCOC1. The van der Waals surface area contributed by atoms with E-state index >= 15 is 0 Å². The second-order valence-corrected chi connectivity index (χ2v) is 6.11. The summed E-state index contributed by atoms with van der Waals surface area (Å²) in [5.74, 6) is 2.16. The summed E-state index contributed by atoms with van der Waals surface area (Å²) in [6.07, 6.45) is 0.911. The van der Waals surface area contributed by atoms with Gasteiger partial charge in [0.1, 0.15) is 22.9 Å². The third kappa shape index (κ3) is 2.42. The molecule has 24 heavy (non-hydrogen) atoms. The van der Waals surface area contributed by atoms with Gasteiger partial charge in [0.25, 0.3) is 0 Å². The Morgan fingerprint density at radius 1 is 1.25 bits per heavy atom. The van der Waals surface area contributed by atoms with E-state index in [0.29, 0.717) is 23.1 Å². The number of ether oxygens (including phenoxy) is 2. The van der Waals surface area contributed by atoms with E-state index in [9.17, 15) is 0 Å². The number of aromatic nitrogens is 4. The standard InChI is InChI=1S/C17H17ClN4O2/c1-10-19-15(18)14-17(20-10)22(11-7-8-24-9-11)16(21-14)12-5-3-4-6-13(12)23-2/h3-6,11H,7-9H2,1-2H3. The smallest absolute Gasteiger partial charge is 0.165 e. The monoisotopic (exact) mass is 344 g/mol. The molecule has 6 nitrogen and oxygen atoms in total. The molecular weight excluding hydrogens is 328 g/mol. The Labute approximate surface area is 144 Å². The molecule has 2 aromatic heterocycles. The van der Waals surface area contributed by atoms with Gasteiger partial charge in [-0.25, -0.2) is 15.0 Å². The summed E-state index contributed by atoms with van der Waals surface area (Å²) in [7, 11) is 1.65. The van der Waals surface area contributed by atoms with Crippen molar-refractivity contribution in [2.75, 3.05) is 20.3 Å². The first-order valence-corrected chi connectivity index (χ1v) is 8.20. The van der Waals surface area contributed by atoms with Crippen molar-refractivity contribution in [3.05, 3.63) is 35.2 Å². The second kappa shape index (κ2) is 6.03. The van der Waals surface area contributed by atoms with Crippen LogP contribution in [0.5, 0.6) is 5.75 Å². The molecule has 1 atom stereocenters. The van der Waals surface area contributed by atoms with Gasteiger partial charge in [-0.05, 0) is 25.5 Å². The third-order valence-corrected chi connectivity index (χ3v) is 4.49. The van der Waals surface area contributed by atoms with Gasteiger partial charge in [0, 0.05) is 6.61 Å². The van der Waals surface area contributed by atoms with Gasteiger partial charge in [0.05, 0.1) is 25.3 Å². The van der Waals surface area contributed by atoms with Gasteiger partial charge in [-0.15, -0.1) is 0 Å². The zero-order valence-corrected chi connectivity index (χ0v) is 14.2. The van der Waals surface area contributed by atoms with Crippen molar-refractivity contribution in [2.24, 2.45) is 0 Å². The second-order valence-electron chi connectivity index (χ2n) is 5.76. The molecule has 1 saturated heterocycles. The summed E-state index contributed by atoms with van der Waals surface area (Å²) in [5.41, 5.74) is 2.25. The maximum Gasteiger partial charge on any atom is 0.165 e. The summed E-state index contributed by atoms with van der Waals surface area (Å²) in [6.45, 7) is 3.19. The van der Waals surface area contributed by atoms with Crippen molar-refractivity contribution < 1.29 is 9.47 Å². The number of aryl methyl sites for hydroxylation is 1. The lowest BCUT2D eigenvalue weighted by molar-refractivity contribution is 0.187. The lowest BCUT2D eigenvalue weighted by Crippen LogP contribution is -2.11. The van der Waals surface area contributed by atoms with Crippen LogP contribution in [0.2, 0.25) is 5.15 Å². The first-order valence-electron chi connectivity index (χ1n) is 7.82. The van der Waals surface area contributed by atoms with E-state index in [1.807, 2.05) is 31.2 Å². The Morgan fingerprint density at radius 3 is 2.83 bits per heavy atom. The predicted molar refractivity (Wildman–Crippen MR) is 91.5 cm³/mol. The molecule has 0 bridgehead atoms. The van der Waals surface area contributed by atoms with Gasteiger partial charge >= 0.3 is 0 Å². The molecule has 3 heterocycles. The molecule has 0 radical (unpaired) electrons. The molecule has 4 rings (SSSR count). The van der Waals surface area contributed by atoms with Gasteiger partial charge in [0.15, 0.2) is 10.8 Å². The minimum Gasteiger partial charge on any atom is -0.496 e. The molecule has 1 aliphatic rings. The van der Waals surface area contributed by atoms with E-state index < -0.39 is 0 Å². The summed E-state index contributed by atoms with van der Waals surface area (Å²) in [6, 6.07) is 7.97. The Kier molecular flexibility index (Phi) is 3.86. The van der Waals surface area contributed by atoms with E-state index in [0.717, 1.165) is 35.8 Å². The van der Waals surface area contributed by atoms with Gasteiger partial charge < -0.3 is 14.0 Å². The lowest BCUT2D eigenvalue weighted by atomic mass is 10.1. The number of methoxy groups -OCH3 is 1. The Hall–Kier alpha value is -2.18. The summed E-state index contributed by atoms with van der Waals surface area (Å²) in [5, 5.41) is 0.367. The number of hydrogen-bond donors (Lipinski definition) is 0. The normalized spacial score (nSPS) is 17.5. The third-order valence-electron chi connectivity index (χ3n) is 4.23. The largest absolute Gasteiger partial charge is 0.496 e. The zero-order chi connectivity index (χ0) is 16.7. The van der Waals surface area contributed by atoms with Crippen molar-refractivity contribution in [3.63, 3.8) is 0 Å². The van der Waals surface area contributed by atoms with Crippen molar-refractivity contribution >= 4 is 22.8 Å². The number of para-hydroxylation sites is 1. The fraction of sp³-hybridized carbons (Fsp3) is 0.353. The van der Waals surface area contributed by atoms with E-state index in [-0.39, 0.29) is 6.04 Å². The van der Waals surface area contributed by atoms with Gasteiger partial charge in [-0.1, -0.05) is 23.7 Å². The van der Waals surface area contributed by atoms with E-state index in [2.05, 4.69) is 14.5 Å². The molecular formula is C17H17ClN4O2. The molecule has 1 aliphatic heterocycles. The zero-order valence-electron chi connectivity index (χ0n) is 13.5. The Bertz CT molecular complexity index is 903. The minimum atomic E-state index is 0.167. The first-order chi connectivity index (χ1) is 11.7. The molecule has 0 aliphatic carbocycles. The Balaban J connectivity index is 2.04. The predicted octanol–water partition coefficient (Wildman–Crippen LogP) is 3.43. The van der Waals surface area contributed by atoms with Gasteiger partial charge in [0.2, 0.25) is 0 Å². The summed E-state index contributed by atoms with van der Waals surface area (Å²) in [4.78, 5) is 13.6. The summed E-state index contributed by atoms with van der Waals surface area (Å²) >= 11 is 6.33. The highest BCUT2D eigenvalue weighted by molar-refractivity contribution is 6.33. The van der Waals surface area contributed by atoms with Crippen LogP contribution in [0.3, 0.4) is 0 Å². The van der Waals surface area contributed by atoms with E-state index in [1.165, 1.54) is 0 Å². The van der Waals surface area contributed by atoms with Crippen LogP contribution in [0.15, 0.2) is 24.3 Å². The maximum atomic E-state index is 6.33. The quantitative estimate of drug-likeness (QED) is 0.681. The highest BCUT2D eigenvalue weighted by Gasteiger charge is 2.27. The first kappa shape index (κ1) is 15.4. The maximum absolute atomic E-state index is 6.33. The van der Waals surface area contributed by atoms with Crippen molar-refractivity contribution in [1.29, 1.82) is 0 Å². The average molecular weight is 345 g/mol. The molecule has 3 aromatic rings. The molecule has 1 fully saturated rings. The number of imidazole rings is 1. The van der Waals surface area contributed by atoms with E-state index in [1.54, 1.807) is 7.11 Å². The van der Waals surface area contributed by atoms with Gasteiger partial charge in [-0.2, -0.15) is 0 Å². The molecule has 7 heteroatoms. The topological polar surface area (TPSA) is 62.1 Å². The number of rotatable bonds is 3. The van der Waals surface area contributed by atoms with Crippen molar-refractivity contribution in [3.8, 4) is 17.1 Å². The minimum absolute atomic E-state index is 0.167. The number of halogens is 1. The molecule has 0 amide bonds. The number of benzene rings is 1. The van der Waals surface area contributed by atoms with E-state index in [4.69, 9.17) is 26.1 Å². The lowest BCUT2D eigenvalue weighted by Gasteiger charge is -2.16. The highest BCUT2D eigenvalue weighted by Crippen LogP contribution is 2.36. The molecule has 0 saturated carbocycles. The van der Waals surface area contributed by atoms with Crippen LogP contribution in [-0.2, 0) is 4.74 Å². The fourth-order valence-corrected chi connectivity index (χ4v) is 3.38. The van der Waals surface area contributed by atoms with Crippen molar-refractivity contribution in [1.82, 2.24) is 19.5 Å². The van der Waals surface area contributed by atoms with Crippen LogP contribution >= 0.6 is 11.6 Å². The molecule has 0 spiro atoms. The Morgan fingerprint density at radius 2 is 2.08 bits per heavy atom. The van der Waals surface area contributed by atoms with Crippen LogP contribution in [0, 0.1) is 6.92 Å². The molecule has 1 unspecified atom stereocenters. The van der Waals surface area contributed by atoms with Crippen LogP contribution < -0.4 is 4.74 Å². The van der Waals surface area contributed by atoms with Crippen molar-refractivity contribution in [2.45, 2.75) is 19.4 Å². The van der Waals surface area contributed by atoms with Crippen LogP contribution in [-0.4, -0.2) is 39.8 Å². The number of fused-ring (bicyclic) bond motifs is 1.